The van der Waals surface area contributed by atoms with E-state index in [9.17, 15) is 0 Å². The lowest BCUT2D eigenvalue weighted by Gasteiger charge is -2.18. The molecule has 0 aliphatic carbocycles. The van der Waals surface area contributed by atoms with Gasteiger partial charge in [0.2, 0.25) is 0 Å². The van der Waals surface area contributed by atoms with Gasteiger partial charge in [-0.2, -0.15) is 0 Å². The van der Waals surface area contributed by atoms with Crippen molar-refractivity contribution >= 4 is 107 Å². The molecular formula is C50H28OS2. The summed E-state index contributed by atoms with van der Waals surface area (Å²) in [5.74, 6) is 0. The van der Waals surface area contributed by atoms with E-state index in [4.69, 9.17) is 4.42 Å². The lowest BCUT2D eigenvalue weighted by atomic mass is 9.85. The minimum absolute atomic E-state index is 0.924. The molecule has 3 heteroatoms. The summed E-state index contributed by atoms with van der Waals surface area (Å²) in [6, 6.07) is 60.1. The summed E-state index contributed by atoms with van der Waals surface area (Å²) in [4.78, 5) is 0. The van der Waals surface area contributed by atoms with Crippen LogP contribution in [0, 0.1) is 0 Å². The summed E-state index contributed by atoms with van der Waals surface area (Å²) in [7, 11) is 0. The SMILES string of the molecule is c1ccc(-c2csc3c2ccc2c4ccc(-c5c6ccccc6c(-c6ccc7ccc8oc9ccccc9c8c7c6)c6ccccc56)cc4sc23)cc1. The van der Waals surface area contributed by atoms with E-state index < -0.39 is 0 Å². The third-order valence-electron chi connectivity index (χ3n) is 11.1. The highest BCUT2D eigenvalue weighted by atomic mass is 32.1. The van der Waals surface area contributed by atoms with Crippen LogP contribution in [0.5, 0.6) is 0 Å². The van der Waals surface area contributed by atoms with E-state index in [1.165, 1.54) is 101 Å². The molecule has 0 fully saturated rings. The van der Waals surface area contributed by atoms with Crippen LogP contribution in [0.15, 0.2) is 174 Å². The lowest BCUT2D eigenvalue weighted by Crippen LogP contribution is -1.91. The standard InChI is InChI=1S/C50H28OS2/c1-2-10-29(11-3-1)42-28-52-49-39(42)24-23-38-33-22-20-32(27-45(33)53-50(38)49)47-36-14-6-4-12-34(36)46(35-13-5-7-15-37(35)47)31-19-18-30-21-25-44-48(41(30)26-31)40-16-8-9-17-43(40)51-44/h1-28H. The Morgan fingerprint density at radius 2 is 0.981 bits per heavy atom. The molecule has 0 aliphatic heterocycles. The van der Waals surface area contributed by atoms with E-state index in [0.717, 1.165) is 16.6 Å². The number of rotatable bonds is 3. The van der Waals surface area contributed by atoms with E-state index in [-0.39, 0.29) is 0 Å². The summed E-state index contributed by atoms with van der Waals surface area (Å²) >= 11 is 3.79. The highest BCUT2D eigenvalue weighted by Crippen LogP contribution is 2.48. The zero-order chi connectivity index (χ0) is 34.6. The molecule has 3 aromatic heterocycles. The first kappa shape index (κ1) is 29.3. The minimum Gasteiger partial charge on any atom is -0.456 e. The fourth-order valence-electron chi connectivity index (χ4n) is 8.77. The summed E-state index contributed by atoms with van der Waals surface area (Å²) in [5.41, 5.74) is 9.46. The van der Waals surface area contributed by atoms with Crippen LogP contribution in [0.2, 0.25) is 0 Å². The Balaban J connectivity index is 1.09. The van der Waals surface area contributed by atoms with Gasteiger partial charge in [-0.1, -0.05) is 140 Å². The number of furan rings is 1. The van der Waals surface area contributed by atoms with E-state index in [1.807, 2.05) is 28.7 Å². The second kappa shape index (κ2) is 11.1. The van der Waals surface area contributed by atoms with Crippen LogP contribution in [0.25, 0.3) is 118 Å². The predicted octanol–water partition coefficient (Wildman–Crippen LogP) is 15.6. The van der Waals surface area contributed by atoms with E-state index in [2.05, 4.69) is 163 Å². The summed E-state index contributed by atoms with van der Waals surface area (Å²) in [5, 5.41) is 16.1. The number of benzene rings is 9. The molecule has 3 heterocycles. The van der Waals surface area contributed by atoms with Crippen molar-refractivity contribution in [2.75, 3.05) is 0 Å². The van der Waals surface area contributed by atoms with Crippen molar-refractivity contribution in [3.05, 3.63) is 169 Å². The third-order valence-corrected chi connectivity index (χ3v) is 13.5. The summed E-state index contributed by atoms with van der Waals surface area (Å²) < 4.78 is 10.4. The van der Waals surface area contributed by atoms with Crippen LogP contribution in [0.3, 0.4) is 0 Å². The van der Waals surface area contributed by atoms with Crippen LogP contribution < -0.4 is 0 Å². The van der Waals surface area contributed by atoms with Gasteiger partial charge in [-0.05, 0) is 89.8 Å². The molecule has 0 radical (unpaired) electrons. The quantitative estimate of drug-likeness (QED) is 0.167. The van der Waals surface area contributed by atoms with Crippen molar-refractivity contribution in [1.82, 2.24) is 0 Å². The molecule has 0 amide bonds. The first-order valence-corrected chi connectivity index (χ1v) is 19.7. The second-order valence-electron chi connectivity index (χ2n) is 14.0. The molecule has 0 N–H and O–H groups in total. The first-order valence-electron chi connectivity index (χ1n) is 18.0. The van der Waals surface area contributed by atoms with Gasteiger partial charge in [0.1, 0.15) is 11.2 Å². The molecule has 0 saturated heterocycles. The van der Waals surface area contributed by atoms with Gasteiger partial charge >= 0.3 is 0 Å². The Kier molecular flexibility index (Phi) is 6.15. The van der Waals surface area contributed by atoms with Crippen molar-refractivity contribution in [3.8, 4) is 33.4 Å². The Morgan fingerprint density at radius 3 is 1.74 bits per heavy atom. The number of para-hydroxylation sites is 1. The molecule has 9 aromatic carbocycles. The van der Waals surface area contributed by atoms with Gasteiger partial charge in [-0.3, -0.25) is 0 Å². The summed E-state index contributed by atoms with van der Waals surface area (Å²) in [6.07, 6.45) is 0. The molecule has 0 atom stereocenters. The average Bonchev–Trinajstić information content (AvgIpc) is 3.93. The Hall–Kier alpha value is -6.26. The van der Waals surface area contributed by atoms with Crippen molar-refractivity contribution in [1.29, 1.82) is 0 Å². The number of fused-ring (bicyclic) bond motifs is 12. The first-order chi connectivity index (χ1) is 26.3. The van der Waals surface area contributed by atoms with E-state index in [1.54, 1.807) is 0 Å². The Labute approximate surface area is 312 Å². The van der Waals surface area contributed by atoms with E-state index >= 15 is 0 Å². The minimum atomic E-state index is 0.924. The number of thiophene rings is 2. The monoisotopic (exact) mass is 708 g/mol. The van der Waals surface area contributed by atoms with Crippen molar-refractivity contribution in [2.45, 2.75) is 0 Å². The molecule has 12 aromatic rings. The molecule has 0 unspecified atom stereocenters. The van der Waals surface area contributed by atoms with Gasteiger partial charge in [0.05, 0.1) is 9.40 Å². The van der Waals surface area contributed by atoms with Crippen LogP contribution in [-0.4, -0.2) is 0 Å². The zero-order valence-electron chi connectivity index (χ0n) is 28.4. The number of hydrogen-bond acceptors (Lipinski definition) is 3. The lowest BCUT2D eigenvalue weighted by molar-refractivity contribution is 0.669. The fraction of sp³-hybridized carbons (Fsp3) is 0. The van der Waals surface area contributed by atoms with E-state index in [0.29, 0.717) is 0 Å². The third kappa shape index (κ3) is 4.24. The van der Waals surface area contributed by atoms with Crippen LogP contribution in [-0.2, 0) is 0 Å². The molecule has 246 valence electrons. The highest BCUT2D eigenvalue weighted by molar-refractivity contribution is 7.30. The van der Waals surface area contributed by atoms with Crippen LogP contribution in [0.1, 0.15) is 0 Å². The molecule has 0 bridgehead atoms. The zero-order valence-corrected chi connectivity index (χ0v) is 30.0. The predicted molar refractivity (Wildman–Crippen MR) is 231 cm³/mol. The smallest absolute Gasteiger partial charge is 0.136 e. The van der Waals surface area contributed by atoms with Crippen molar-refractivity contribution < 1.29 is 4.42 Å². The van der Waals surface area contributed by atoms with Crippen molar-refractivity contribution in [3.63, 3.8) is 0 Å². The van der Waals surface area contributed by atoms with Gasteiger partial charge < -0.3 is 4.42 Å². The van der Waals surface area contributed by atoms with Gasteiger partial charge in [0.25, 0.3) is 0 Å². The number of hydrogen-bond donors (Lipinski definition) is 0. The van der Waals surface area contributed by atoms with Gasteiger partial charge in [-0.25, -0.2) is 0 Å². The highest BCUT2D eigenvalue weighted by Gasteiger charge is 2.20. The maximum Gasteiger partial charge on any atom is 0.136 e. The van der Waals surface area contributed by atoms with Crippen LogP contribution >= 0.6 is 22.7 Å². The summed E-state index contributed by atoms with van der Waals surface area (Å²) in [6.45, 7) is 0. The fourth-order valence-corrected chi connectivity index (χ4v) is 11.2. The normalized spacial score (nSPS) is 12.2. The molecule has 53 heavy (non-hydrogen) atoms. The van der Waals surface area contributed by atoms with Gasteiger partial charge in [-0.15, -0.1) is 22.7 Å². The molecule has 0 aliphatic rings. The maximum atomic E-state index is 6.30. The average molecular weight is 709 g/mol. The molecule has 0 saturated carbocycles. The molecular weight excluding hydrogens is 681 g/mol. The maximum absolute atomic E-state index is 6.30. The van der Waals surface area contributed by atoms with Gasteiger partial charge in [0, 0.05) is 37.2 Å². The largest absolute Gasteiger partial charge is 0.456 e. The second-order valence-corrected chi connectivity index (χ2v) is 15.9. The molecule has 0 spiro atoms. The Morgan fingerprint density at radius 1 is 0.377 bits per heavy atom. The van der Waals surface area contributed by atoms with Gasteiger partial charge in [0.15, 0.2) is 0 Å². The molecule has 1 nitrogen and oxygen atoms in total. The Bertz CT molecular complexity index is 3390. The topological polar surface area (TPSA) is 13.1 Å². The van der Waals surface area contributed by atoms with Crippen LogP contribution in [0.4, 0.5) is 0 Å². The molecule has 12 rings (SSSR count). The van der Waals surface area contributed by atoms with Crippen molar-refractivity contribution in [2.24, 2.45) is 0 Å².